The molecule has 1 N–H and O–H groups in total. The van der Waals surface area contributed by atoms with Gasteiger partial charge in [0, 0.05) is 39.3 Å². The molecule has 1 heterocycles. The summed E-state index contributed by atoms with van der Waals surface area (Å²) in [4.78, 5) is 15.9. The molecule has 2 amide bonds. The molecule has 4 nitrogen and oxygen atoms in total. The van der Waals surface area contributed by atoms with Crippen LogP contribution < -0.4 is 5.32 Å². The largest absolute Gasteiger partial charge is 0.335 e. The van der Waals surface area contributed by atoms with Crippen LogP contribution in [-0.2, 0) is 0 Å². The Labute approximate surface area is 104 Å². The number of piperidine rings is 1. The zero-order valence-corrected chi connectivity index (χ0v) is 11.4. The van der Waals surface area contributed by atoms with Gasteiger partial charge in [0.2, 0.25) is 0 Å². The summed E-state index contributed by atoms with van der Waals surface area (Å²) in [5.74, 6) is 1.31. The Hall–Kier alpha value is -0.770. The molecular formula is C13H25N3O. The van der Waals surface area contributed by atoms with E-state index in [0.717, 1.165) is 13.1 Å². The van der Waals surface area contributed by atoms with Gasteiger partial charge in [0.1, 0.15) is 0 Å². The van der Waals surface area contributed by atoms with Gasteiger partial charge < -0.3 is 15.1 Å². The van der Waals surface area contributed by atoms with E-state index in [4.69, 9.17) is 0 Å². The van der Waals surface area contributed by atoms with Gasteiger partial charge in [-0.05, 0) is 38.5 Å². The van der Waals surface area contributed by atoms with Crippen molar-refractivity contribution in [3.63, 3.8) is 0 Å². The zero-order valence-electron chi connectivity index (χ0n) is 11.4. The van der Waals surface area contributed by atoms with Crippen molar-refractivity contribution >= 4 is 6.03 Å². The first-order valence-electron chi connectivity index (χ1n) is 6.71. The predicted octanol–water partition coefficient (Wildman–Crippen LogP) is 1.38. The van der Waals surface area contributed by atoms with Crippen LogP contribution in [0.1, 0.15) is 26.7 Å². The smallest absolute Gasteiger partial charge is 0.317 e. The van der Waals surface area contributed by atoms with Gasteiger partial charge in [-0.2, -0.15) is 0 Å². The lowest BCUT2D eigenvalue weighted by Gasteiger charge is -2.40. The van der Waals surface area contributed by atoms with Crippen LogP contribution in [0.15, 0.2) is 0 Å². The molecule has 1 unspecified atom stereocenters. The summed E-state index contributed by atoms with van der Waals surface area (Å²) in [7, 11) is 3.61. The Bertz CT molecular complexity index is 276. The van der Waals surface area contributed by atoms with E-state index in [1.54, 1.807) is 19.0 Å². The van der Waals surface area contributed by atoms with Crippen LogP contribution in [0, 0.1) is 11.8 Å². The van der Waals surface area contributed by atoms with E-state index in [-0.39, 0.29) is 6.03 Å². The molecule has 2 fully saturated rings. The monoisotopic (exact) mass is 239 g/mol. The summed E-state index contributed by atoms with van der Waals surface area (Å²) in [6.45, 7) is 6.81. The van der Waals surface area contributed by atoms with Crippen molar-refractivity contribution in [1.29, 1.82) is 0 Å². The molecule has 1 aliphatic carbocycles. The summed E-state index contributed by atoms with van der Waals surface area (Å²) < 4.78 is 0. The molecule has 98 valence electrons. The van der Waals surface area contributed by atoms with Crippen LogP contribution in [0.2, 0.25) is 0 Å². The fraction of sp³-hybridized carbons (Fsp3) is 0.923. The zero-order chi connectivity index (χ0) is 12.6. The average molecular weight is 239 g/mol. The lowest BCUT2D eigenvalue weighted by molar-refractivity contribution is 0.102. The molecule has 1 saturated heterocycles. The normalized spacial score (nSPS) is 32.9. The van der Waals surface area contributed by atoms with Crippen LogP contribution in [0.3, 0.4) is 0 Å². The number of likely N-dealkylation sites (tertiary alicyclic amines) is 1. The summed E-state index contributed by atoms with van der Waals surface area (Å²) in [6, 6.07) is 1.09. The maximum Gasteiger partial charge on any atom is 0.317 e. The molecule has 0 aromatic rings. The van der Waals surface area contributed by atoms with Crippen molar-refractivity contribution in [3.05, 3.63) is 0 Å². The van der Waals surface area contributed by atoms with E-state index in [1.807, 2.05) is 0 Å². The van der Waals surface area contributed by atoms with Gasteiger partial charge in [-0.25, -0.2) is 4.79 Å². The molecule has 0 aromatic heterocycles. The van der Waals surface area contributed by atoms with E-state index >= 15 is 0 Å². The van der Waals surface area contributed by atoms with Crippen molar-refractivity contribution in [1.82, 2.24) is 15.1 Å². The number of hydrogen-bond donors (Lipinski definition) is 1. The number of hydrogen-bond acceptors (Lipinski definition) is 2. The minimum atomic E-state index is 0.0601. The van der Waals surface area contributed by atoms with Crippen molar-refractivity contribution in [2.75, 3.05) is 27.2 Å². The van der Waals surface area contributed by atoms with Crippen molar-refractivity contribution in [3.8, 4) is 0 Å². The lowest BCUT2D eigenvalue weighted by Crippen LogP contribution is -2.55. The molecule has 3 atom stereocenters. The first-order chi connectivity index (χ1) is 7.99. The Kier molecular flexibility index (Phi) is 3.61. The van der Waals surface area contributed by atoms with E-state index in [1.165, 1.54) is 12.8 Å². The fourth-order valence-corrected chi connectivity index (χ4v) is 3.19. The first-order valence-corrected chi connectivity index (χ1v) is 6.71. The third kappa shape index (κ3) is 2.57. The van der Waals surface area contributed by atoms with Crippen molar-refractivity contribution < 1.29 is 4.79 Å². The molecule has 2 bridgehead atoms. The second-order valence-corrected chi connectivity index (χ2v) is 6.01. The minimum Gasteiger partial charge on any atom is -0.335 e. The highest BCUT2D eigenvalue weighted by atomic mass is 16.2. The highest BCUT2D eigenvalue weighted by Crippen LogP contribution is 2.37. The van der Waals surface area contributed by atoms with Crippen molar-refractivity contribution in [2.45, 2.75) is 38.8 Å². The molecule has 0 aromatic carbocycles. The van der Waals surface area contributed by atoms with E-state index in [9.17, 15) is 4.79 Å². The summed E-state index contributed by atoms with van der Waals surface area (Å²) in [5.41, 5.74) is 0. The number of nitrogens with zero attached hydrogens (tertiary/aromatic N) is 2. The maximum atomic E-state index is 11.7. The quantitative estimate of drug-likeness (QED) is 0.790. The molecule has 1 aliphatic heterocycles. The molecule has 4 heteroatoms. The van der Waals surface area contributed by atoms with Crippen LogP contribution in [0.25, 0.3) is 0 Å². The van der Waals surface area contributed by atoms with Crippen LogP contribution >= 0.6 is 0 Å². The SMILES string of the molecule is CC(C)N1C[C@H]2CC[C@@H](C1)C2NC(=O)N(C)C. The standard InChI is InChI=1S/C13H25N3O/c1-9(2)16-7-10-5-6-11(8-16)12(10)14-13(17)15(3)4/h9-12H,5-8H2,1-4H3,(H,14,17)/t10-,11+,12?. The third-order valence-corrected chi connectivity index (χ3v) is 4.29. The van der Waals surface area contributed by atoms with Gasteiger partial charge in [-0.3, -0.25) is 0 Å². The second-order valence-electron chi connectivity index (χ2n) is 6.01. The van der Waals surface area contributed by atoms with E-state index in [2.05, 4.69) is 24.1 Å². The van der Waals surface area contributed by atoms with Gasteiger partial charge in [0.05, 0.1) is 0 Å². The Balaban J connectivity index is 1.97. The Morgan fingerprint density at radius 3 is 2.18 bits per heavy atom. The summed E-state index contributed by atoms with van der Waals surface area (Å²) in [6.07, 6.45) is 2.54. The predicted molar refractivity (Wildman–Crippen MR) is 68.9 cm³/mol. The summed E-state index contributed by atoms with van der Waals surface area (Å²) >= 11 is 0. The van der Waals surface area contributed by atoms with Gasteiger partial charge in [0.15, 0.2) is 0 Å². The highest BCUT2D eigenvalue weighted by Gasteiger charge is 2.43. The first kappa shape index (κ1) is 12.7. The lowest BCUT2D eigenvalue weighted by atomic mass is 9.91. The van der Waals surface area contributed by atoms with E-state index in [0.29, 0.717) is 23.9 Å². The second kappa shape index (κ2) is 4.84. The molecule has 0 spiro atoms. The molecule has 1 saturated carbocycles. The molecule has 2 rings (SSSR count). The number of nitrogens with one attached hydrogen (secondary N) is 1. The van der Waals surface area contributed by atoms with Gasteiger partial charge >= 0.3 is 6.03 Å². The number of rotatable bonds is 2. The number of urea groups is 1. The minimum absolute atomic E-state index is 0.0601. The fourth-order valence-electron chi connectivity index (χ4n) is 3.19. The average Bonchev–Trinajstić information content (AvgIpc) is 2.50. The molecule has 0 radical (unpaired) electrons. The number of fused-ring (bicyclic) bond motifs is 2. The number of amides is 2. The Morgan fingerprint density at radius 1 is 1.24 bits per heavy atom. The van der Waals surface area contributed by atoms with Gasteiger partial charge in [-0.1, -0.05) is 0 Å². The van der Waals surface area contributed by atoms with E-state index < -0.39 is 0 Å². The van der Waals surface area contributed by atoms with Gasteiger partial charge in [0.25, 0.3) is 0 Å². The van der Waals surface area contributed by atoms with Crippen LogP contribution in [0.4, 0.5) is 4.79 Å². The molecule has 2 aliphatic rings. The summed E-state index contributed by atoms with van der Waals surface area (Å²) in [5, 5.41) is 3.20. The van der Waals surface area contributed by atoms with Gasteiger partial charge in [-0.15, -0.1) is 0 Å². The van der Waals surface area contributed by atoms with Crippen LogP contribution in [-0.4, -0.2) is 55.1 Å². The number of carbonyl (C=O) groups excluding carboxylic acids is 1. The topological polar surface area (TPSA) is 35.6 Å². The molecule has 17 heavy (non-hydrogen) atoms. The maximum absolute atomic E-state index is 11.7. The number of carbonyl (C=O) groups is 1. The Morgan fingerprint density at radius 2 is 1.76 bits per heavy atom. The highest BCUT2D eigenvalue weighted by molar-refractivity contribution is 5.74. The van der Waals surface area contributed by atoms with Crippen LogP contribution in [0.5, 0.6) is 0 Å². The molecular weight excluding hydrogens is 214 g/mol. The third-order valence-electron chi connectivity index (χ3n) is 4.29. The van der Waals surface area contributed by atoms with Crippen molar-refractivity contribution in [2.24, 2.45) is 11.8 Å².